The summed E-state index contributed by atoms with van der Waals surface area (Å²) in [4.78, 5) is 29.5. The Balaban J connectivity index is 2.11. The second kappa shape index (κ2) is 14.7. The highest BCUT2D eigenvalue weighted by Crippen LogP contribution is 2.34. The van der Waals surface area contributed by atoms with Crippen molar-refractivity contribution >= 4 is 27.5 Å². The molecule has 0 aliphatic rings. The second-order valence-corrected chi connectivity index (χ2v) is 12.5. The average Bonchev–Trinajstić information content (AvgIpc) is 2.96. The zero-order valence-corrected chi connectivity index (χ0v) is 26.0. The molecule has 0 bridgehead atoms. The number of ether oxygens (including phenoxy) is 2. The third kappa shape index (κ3) is 8.72. The van der Waals surface area contributed by atoms with Crippen molar-refractivity contribution in [3.05, 3.63) is 89.5 Å². The first kappa shape index (κ1) is 32.5. The summed E-state index contributed by atoms with van der Waals surface area (Å²) in [6.45, 7) is 5.93. The molecule has 0 spiro atoms. The molecular formula is C32H41N3O6S. The van der Waals surface area contributed by atoms with Gasteiger partial charge in [-0.25, -0.2) is 8.42 Å². The van der Waals surface area contributed by atoms with Crippen molar-refractivity contribution in [3.63, 3.8) is 0 Å². The topological polar surface area (TPSA) is 105 Å². The summed E-state index contributed by atoms with van der Waals surface area (Å²) in [7, 11) is -1.07. The van der Waals surface area contributed by atoms with E-state index in [9.17, 15) is 18.0 Å². The molecule has 226 valence electrons. The van der Waals surface area contributed by atoms with Crippen LogP contribution in [-0.4, -0.2) is 64.7 Å². The number of benzene rings is 3. The van der Waals surface area contributed by atoms with Crippen LogP contribution in [-0.2, 0) is 32.6 Å². The Labute approximate surface area is 249 Å². The largest absolute Gasteiger partial charge is 0.497 e. The predicted molar refractivity (Wildman–Crippen MR) is 165 cm³/mol. The molecule has 0 saturated heterocycles. The van der Waals surface area contributed by atoms with Gasteiger partial charge >= 0.3 is 0 Å². The number of methoxy groups -OCH3 is 2. The van der Waals surface area contributed by atoms with E-state index in [0.29, 0.717) is 12.3 Å². The molecule has 0 radical (unpaired) electrons. The Hall–Kier alpha value is -4.05. The lowest BCUT2D eigenvalue weighted by molar-refractivity contribution is -0.140. The summed E-state index contributed by atoms with van der Waals surface area (Å²) < 4.78 is 38.0. The molecule has 0 saturated carbocycles. The molecule has 3 aromatic carbocycles. The maximum absolute atomic E-state index is 14.3. The zero-order valence-electron chi connectivity index (χ0n) is 25.2. The molecule has 0 unspecified atom stereocenters. The predicted octanol–water partition coefficient (Wildman–Crippen LogP) is 4.19. The smallest absolute Gasteiger partial charge is 0.244 e. The summed E-state index contributed by atoms with van der Waals surface area (Å²) in [6, 6.07) is 20.9. The molecule has 0 aliphatic carbocycles. The van der Waals surface area contributed by atoms with E-state index in [1.807, 2.05) is 75.4 Å². The van der Waals surface area contributed by atoms with E-state index in [1.165, 1.54) is 25.2 Å². The van der Waals surface area contributed by atoms with Crippen molar-refractivity contribution in [1.29, 1.82) is 0 Å². The van der Waals surface area contributed by atoms with Crippen molar-refractivity contribution in [2.45, 2.75) is 39.8 Å². The van der Waals surface area contributed by atoms with Gasteiger partial charge in [0.05, 0.1) is 26.2 Å². The number of hydrogen-bond donors (Lipinski definition) is 1. The summed E-state index contributed by atoms with van der Waals surface area (Å²) in [5.41, 5.74) is 2.84. The number of nitrogens with one attached hydrogen (secondary N) is 1. The molecule has 3 rings (SSSR count). The molecule has 3 aromatic rings. The molecule has 9 nitrogen and oxygen atoms in total. The Morgan fingerprint density at radius 3 is 2.19 bits per heavy atom. The number of rotatable bonds is 14. The summed E-state index contributed by atoms with van der Waals surface area (Å²) in [5.74, 6) is 0.0234. The summed E-state index contributed by atoms with van der Waals surface area (Å²) in [5, 5.41) is 2.99. The Bertz CT molecular complexity index is 1460. The van der Waals surface area contributed by atoms with Crippen molar-refractivity contribution < 1.29 is 27.5 Å². The molecule has 42 heavy (non-hydrogen) atoms. The van der Waals surface area contributed by atoms with E-state index in [4.69, 9.17) is 9.47 Å². The van der Waals surface area contributed by atoms with Gasteiger partial charge in [-0.15, -0.1) is 0 Å². The van der Waals surface area contributed by atoms with Gasteiger partial charge in [-0.2, -0.15) is 0 Å². The van der Waals surface area contributed by atoms with Gasteiger partial charge in [-0.3, -0.25) is 13.9 Å². The van der Waals surface area contributed by atoms with Crippen LogP contribution in [0.5, 0.6) is 11.5 Å². The van der Waals surface area contributed by atoms with Gasteiger partial charge in [-0.1, -0.05) is 68.4 Å². The molecule has 10 heteroatoms. The minimum absolute atomic E-state index is 0.116. The van der Waals surface area contributed by atoms with E-state index in [2.05, 4.69) is 5.32 Å². The highest BCUT2D eigenvalue weighted by atomic mass is 32.2. The van der Waals surface area contributed by atoms with Crippen molar-refractivity contribution in [1.82, 2.24) is 10.2 Å². The summed E-state index contributed by atoms with van der Waals surface area (Å²) in [6.07, 6.45) is 1.28. The lowest BCUT2D eigenvalue weighted by Gasteiger charge is -2.34. The lowest BCUT2D eigenvalue weighted by Crippen LogP contribution is -2.53. The van der Waals surface area contributed by atoms with E-state index in [0.717, 1.165) is 27.3 Å². The number of nitrogens with zero attached hydrogens (tertiary/aromatic N) is 2. The fraction of sp³-hybridized carbons (Fsp3) is 0.375. The lowest BCUT2D eigenvalue weighted by atomic mass is 10.0. The number of amides is 2. The van der Waals surface area contributed by atoms with Crippen molar-refractivity contribution in [2.75, 3.05) is 37.9 Å². The molecule has 0 aromatic heterocycles. The van der Waals surface area contributed by atoms with Crippen molar-refractivity contribution in [3.8, 4) is 11.5 Å². The quantitative estimate of drug-likeness (QED) is 0.300. The van der Waals surface area contributed by atoms with Crippen LogP contribution in [0.3, 0.4) is 0 Å². The van der Waals surface area contributed by atoms with Crippen LogP contribution < -0.4 is 19.1 Å². The highest BCUT2D eigenvalue weighted by Gasteiger charge is 2.34. The Morgan fingerprint density at radius 2 is 1.60 bits per heavy atom. The number of carbonyl (C=O) groups is 2. The molecule has 1 atom stereocenters. The molecule has 0 heterocycles. The Morgan fingerprint density at radius 1 is 0.929 bits per heavy atom. The van der Waals surface area contributed by atoms with Crippen LogP contribution in [0.2, 0.25) is 0 Å². The normalized spacial score (nSPS) is 12.0. The molecule has 2 amide bonds. The number of carbonyl (C=O) groups excluding carboxylic acids is 2. The van der Waals surface area contributed by atoms with Gasteiger partial charge in [0.15, 0.2) is 0 Å². The maximum atomic E-state index is 14.3. The van der Waals surface area contributed by atoms with Crippen molar-refractivity contribution in [2.24, 2.45) is 5.92 Å². The van der Waals surface area contributed by atoms with Gasteiger partial charge in [0, 0.05) is 25.6 Å². The number of sulfonamides is 1. The van der Waals surface area contributed by atoms with Crippen LogP contribution in [0, 0.1) is 12.8 Å². The third-order valence-electron chi connectivity index (χ3n) is 6.89. The first-order chi connectivity index (χ1) is 19.9. The van der Waals surface area contributed by atoms with Crippen LogP contribution >= 0.6 is 0 Å². The van der Waals surface area contributed by atoms with Gasteiger partial charge in [-0.05, 0) is 41.7 Å². The highest BCUT2D eigenvalue weighted by molar-refractivity contribution is 7.92. The molecule has 0 aliphatic heterocycles. The standard InChI is InChI=1S/C32H41N3O6S/c1-23(2)20-33-32(37)29(18-25-13-8-7-9-14-25)34(21-26-15-11-10-12-24(26)3)31(36)22-35(42(6,38)39)28-19-27(40-4)16-17-30(28)41-5/h7-17,19,23,29H,18,20-22H2,1-6H3,(H,33,37)/t29-/m0/s1. The van der Waals surface area contributed by atoms with Gasteiger partial charge < -0.3 is 19.7 Å². The average molecular weight is 596 g/mol. The van der Waals surface area contributed by atoms with Gasteiger partial charge in [0.1, 0.15) is 24.1 Å². The number of hydrogen-bond acceptors (Lipinski definition) is 6. The first-order valence-electron chi connectivity index (χ1n) is 13.8. The maximum Gasteiger partial charge on any atom is 0.244 e. The van der Waals surface area contributed by atoms with Gasteiger partial charge in [0.25, 0.3) is 0 Å². The first-order valence-corrected chi connectivity index (χ1v) is 15.6. The molecule has 1 N–H and O–H groups in total. The van der Waals surface area contributed by atoms with Crippen LogP contribution in [0.25, 0.3) is 0 Å². The summed E-state index contributed by atoms with van der Waals surface area (Å²) >= 11 is 0. The minimum atomic E-state index is -3.96. The monoisotopic (exact) mass is 595 g/mol. The van der Waals surface area contributed by atoms with Crippen LogP contribution in [0.15, 0.2) is 72.8 Å². The second-order valence-electron chi connectivity index (χ2n) is 10.6. The van der Waals surface area contributed by atoms with E-state index >= 15 is 0 Å². The van der Waals surface area contributed by atoms with E-state index in [1.54, 1.807) is 12.1 Å². The van der Waals surface area contributed by atoms with E-state index < -0.39 is 28.5 Å². The van der Waals surface area contributed by atoms with Crippen LogP contribution in [0.4, 0.5) is 5.69 Å². The fourth-order valence-corrected chi connectivity index (χ4v) is 5.38. The third-order valence-corrected chi connectivity index (χ3v) is 8.02. The number of anilines is 1. The van der Waals surface area contributed by atoms with Gasteiger partial charge in [0.2, 0.25) is 21.8 Å². The molecular weight excluding hydrogens is 554 g/mol. The Kier molecular flexibility index (Phi) is 11.4. The van der Waals surface area contributed by atoms with Crippen LogP contribution in [0.1, 0.15) is 30.5 Å². The SMILES string of the molecule is COc1ccc(OC)c(N(CC(=O)N(Cc2ccccc2C)[C@@H](Cc2ccccc2)C(=O)NCC(C)C)S(C)(=O)=O)c1. The fourth-order valence-electron chi connectivity index (χ4n) is 4.53. The minimum Gasteiger partial charge on any atom is -0.497 e. The zero-order chi connectivity index (χ0) is 30.9. The molecule has 0 fully saturated rings. The van der Waals surface area contributed by atoms with E-state index in [-0.39, 0.29) is 36.2 Å². The number of aryl methyl sites for hydroxylation is 1.